The molecule has 30 heavy (non-hydrogen) atoms. The molecule has 0 radical (unpaired) electrons. The number of carbonyl (C=O) groups is 2. The summed E-state index contributed by atoms with van der Waals surface area (Å²) in [5, 5.41) is 6.50. The van der Waals surface area contributed by atoms with Crippen LogP contribution in [-0.4, -0.2) is 47.8 Å². The molecule has 0 aliphatic rings. The number of hydrogen-bond acceptors (Lipinski definition) is 4. The molecule has 3 rings (SSSR count). The molecule has 8 heteroatoms. The fourth-order valence-corrected chi connectivity index (χ4v) is 3.13. The predicted octanol–water partition coefficient (Wildman–Crippen LogP) is 3.19. The Kier molecular flexibility index (Phi) is 6.48. The van der Waals surface area contributed by atoms with Crippen LogP contribution in [0.3, 0.4) is 0 Å². The Balaban J connectivity index is 1.72. The number of aliphatic imine (C=N–C) groups is 1. The van der Waals surface area contributed by atoms with E-state index in [2.05, 4.69) is 27.3 Å². The molecular formula is C22H26N6O2. The number of nitrogens with zero attached hydrogens (tertiary/aromatic N) is 2. The zero-order chi connectivity index (χ0) is 21.7. The first-order valence-corrected chi connectivity index (χ1v) is 9.60. The van der Waals surface area contributed by atoms with Crippen LogP contribution in [0.1, 0.15) is 12.5 Å². The second-order valence-corrected chi connectivity index (χ2v) is 7.09. The standard InChI is InChI=1S/C22H26N6O2/c1-14(24-2)28(3)21(29)19(23)11-15-13-25-20-10-9-17(12-18(15)20)27-22(30)26-16-7-5-4-6-8-16/h4-10,12-14,19,25H,2,11,23H2,1,3H3,(H2,26,27,30). The van der Waals surface area contributed by atoms with E-state index in [0.717, 1.165) is 16.5 Å². The van der Waals surface area contributed by atoms with E-state index in [4.69, 9.17) is 5.73 Å². The van der Waals surface area contributed by atoms with Gasteiger partial charge in [0.1, 0.15) is 6.17 Å². The number of rotatable bonds is 7. The minimum atomic E-state index is -0.712. The minimum absolute atomic E-state index is 0.208. The number of nitrogens with one attached hydrogen (secondary N) is 3. The van der Waals surface area contributed by atoms with Crippen molar-refractivity contribution in [1.29, 1.82) is 0 Å². The van der Waals surface area contributed by atoms with Crippen LogP contribution in [0.4, 0.5) is 16.2 Å². The van der Waals surface area contributed by atoms with Crippen molar-refractivity contribution in [2.45, 2.75) is 25.6 Å². The maximum absolute atomic E-state index is 12.5. The van der Waals surface area contributed by atoms with Crippen LogP contribution in [0, 0.1) is 0 Å². The molecular weight excluding hydrogens is 380 g/mol. The number of nitrogens with two attached hydrogens (primary N) is 1. The molecule has 0 saturated heterocycles. The Hall–Kier alpha value is -3.65. The summed E-state index contributed by atoms with van der Waals surface area (Å²) in [6.07, 6.45) is 1.85. The first kappa shape index (κ1) is 21.1. The highest BCUT2D eigenvalue weighted by Gasteiger charge is 2.22. The summed E-state index contributed by atoms with van der Waals surface area (Å²) in [4.78, 5) is 33.3. The van der Waals surface area contributed by atoms with Gasteiger partial charge in [-0.05, 0) is 56.0 Å². The highest BCUT2D eigenvalue weighted by molar-refractivity contribution is 6.01. The van der Waals surface area contributed by atoms with Crippen molar-refractivity contribution < 1.29 is 9.59 Å². The smallest absolute Gasteiger partial charge is 0.323 e. The van der Waals surface area contributed by atoms with Crippen LogP contribution in [0.2, 0.25) is 0 Å². The van der Waals surface area contributed by atoms with E-state index in [1.807, 2.05) is 54.7 Å². The zero-order valence-electron chi connectivity index (χ0n) is 17.1. The Bertz CT molecular complexity index is 1050. The second kappa shape index (κ2) is 9.23. The third kappa shape index (κ3) is 4.84. The normalized spacial score (nSPS) is 12.8. The van der Waals surface area contributed by atoms with Gasteiger partial charge in [0, 0.05) is 35.5 Å². The molecule has 2 atom stereocenters. The van der Waals surface area contributed by atoms with Gasteiger partial charge in [-0.3, -0.25) is 9.79 Å². The average molecular weight is 406 g/mol. The number of H-pyrrole nitrogens is 1. The fourth-order valence-electron chi connectivity index (χ4n) is 3.13. The van der Waals surface area contributed by atoms with Gasteiger partial charge < -0.3 is 26.3 Å². The maximum atomic E-state index is 12.5. The molecule has 0 aliphatic heterocycles. The molecule has 5 N–H and O–H groups in total. The molecule has 3 aromatic rings. The molecule has 1 heterocycles. The van der Waals surface area contributed by atoms with E-state index in [1.165, 1.54) is 4.90 Å². The fraction of sp³-hybridized carbons (Fsp3) is 0.227. The molecule has 0 fully saturated rings. The van der Waals surface area contributed by atoms with Crippen molar-refractivity contribution >= 4 is 40.9 Å². The summed E-state index contributed by atoms with van der Waals surface area (Å²) in [5.41, 5.74) is 9.28. The molecule has 8 nitrogen and oxygen atoms in total. The van der Waals surface area contributed by atoms with Crippen LogP contribution < -0.4 is 16.4 Å². The Morgan fingerprint density at radius 2 is 1.87 bits per heavy atom. The number of fused-ring (bicyclic) bond motifs is 1. The summed E-state index contributed by atoms with van der Waals surface area (Å²) in [5.74, 6) is -0.208. The van der Waals surface area contributed by atoms with Crippen molar-refractivity contribution in [2.24, 2.45) is 10.7 Å². The predicted molar refractivity (Wildman–Crippen MR) is 121 cm³/mol. The van der Waals surface area contributed by atoms with Crippen LogP contribution in [0.5, 0.6) is 0 Å². The number of urea groups is 1. The van der Waals surface area contributed by atoms with Crippen molar-refractivity contribution in [3.63, 3.8) is 0 Å². The van der Waals surface area contributed by atoms with Crippen LogP contribution >= 0.6 is 0 Å². The van der Waals surface area contributed by atoms with Gasteiger partial charge in [-0.2, -0.15) is 0 Å². The number of anilines is 2. The van der Waals surface area contributed by atoms with Gasteiger partial charge in [-0.25, -0.2) is 4.79 Å². The molecule has 2 unspecified atom stereocenters. The van der Waals surface area contributed by atoms with Crippen molar-refractivity contribution in [3.05, 3.63) is 60.3 Å². The first-order chi connectivity index (χ1) is 14.4. The van der Waals surface area contributed by atoms with Crippen LogP contribution in [-0.2, 0) is 11.2 Å². The van der Waals surface area contributed by atoms with Gasteiger partial charge in [0.15, 0.2) is 0 Å². The third-order valence-corrected chi connectivity index (χ3v) is 4.99. The molecule has 156 valence electrons. The summed E-state index contributed by atoms with van der Waals surface area (Å²) in [6.45, 7) is 5.25. The number of carbonyl (C=O) groups excluding carboxylic acids is 2. The summed E-state index contributed by atoms with van der Waals surface area (Å²) in [7, 11) is 1.66. The van der Waals surface area contributed by atoms with E-state index in [0.29, 0.717) is 17.8 Å². The van der Waals surface area contributed by atoms with E-state index < -0.39 is 6.04 Å². The average Bonchev–Trinajstić information content (AvgIpc) is 3.14. The SMILES string of the molecule is C=NC(C)N(C)C(=O)C(N)Cc1c[nH]c2ccc(NC(=O)Nc3ccccc3)cc12. The number of benzene rings is 2. The van der Waals surface area contributed by atoms with Crippen LogP contribution in [0.15, 0.2) is 59.7 Å². The van der Waals surface area contributed by atoms with Gasteiger partial charge in [0.2, 0.25) is 5.91 Å². The number of aromatic amines is 1. The van der Waals surface area contributed by atoms with Crippen LogP contribution in [0.25, 0.3) is 10.9 Å². The highest BCUT2D eigenvalue weighted by Crippen LogP contribution is 2.24. The largest absolute Gasteiger partial charge is 0.361 e. The van der Waals surface area contributed by atoms with E-state index in [-0.39, 0.29) is 18.1 Å². The van der Waals surface area contributed by atoms with Crippen molar-refractivity contribution in [3.8, 4) is 0 Å². The van der Waals surface area contributed by atoms with E-state index in [9.17, 15) is 9.59 Å². The van der Waals surface area contributed by atoms with E-state index in [1.54, 1.807) is 14.0 Å². The van der Waals surface area contributed by atoms with Gasteiger partial charge >= 0.3 is 6.03 Å². The number of amides is 3. The van der Waals surface area contributed by atoms with E-state index >= 15 is 0 Å². The van der Waals surface area contributed by atoms with Crippen molar-refractivity contribution in [1.82, 2.24) is 9.88 Å². The minimum Gasteiger partial charge on any atom is -0.361 e. The lowest BCUT2D eigenvalue weighted by atomic mass is 10.0. The highest BCUT2D eigenvalue weighted by atomic mass is 16.2. The molecule has 0 spiro atoms. The molecule has 0 bridgehead atoms. The second-order valence-electron chi connectivity index (χ2n) is 7.09. The monoisotopic (exact) mass is 406 g/mol. The quantitative estimate of drug-likeness (QED) is 0.452. The lowest BCUT2D eigenvalue weighted by Crippen LogP contribution is -2.46. The third-order valence-electron chi connectivity index (χ3n) is 4.99. The Morgan fingerprint density at radius 3 is 2.57 bits per heavy atom. The molecule has 0 saturated carbocycles. The van der Waals surface area contributed by atoms with Gasteiger partial charge in [-0.1, -0.05) is 18.2 Å². The first-order valence-electron chi connectivity index (χ1n) is 9.60. The lowest BCUT2D eigenvalue weighted by Gasteiger charge is -2.24. The topological polar surface area (TPSA) is 116 Å². The molecule has 2 aromatic carbocycles. The number of likely N-dealkylation sites (N-methyl/N-ethyl adjacent to an activating group) is 1. The van der Waals surface area contributed by atoms with Crippen molar-refractivity contribution in [2.75, 3.05) is 17.7 Å². The summed E-state index contributed by atoms with van der Waals surface area (Å²) in [6, 6.07) is 13.7. The number of hydrogen-bond donors (Lipinski definition) is 4. The number of aromatic nitrogens is 1. The Morgan fingerprint density at radius 1 is 1.17 bits per heavy atom. The lowest BCUT2D eigenvalue weighted by molar-refractivity contribution is -0.132. The van der Waals surface area contributed by atoms with Gasteiger partial charge in [0.25, 0.3) is 0 Å². The zero-order valence-corrected chi connectivity index (χ0v) is 17.1. The summed E-state index contributed by atoms with van der Waals surface area (Å²) >= 11 is 0. The molecule has 1 aromatic heterocycles. The van der Waals surface area contributed by atoms with Gasteiger partial charge in [-0.15, -0.1) is 0 Å². The summed E-state index contributed by atoms with van der Waals surface area (Å²) < 4.78 is 0. The maximum Gasteiger partial charge on any atom is 0.323 e. The molecule has 3 amide bonds. The Labute approximate surface area is 175 Å². The molecule has 0 aliphatic carbocycles. The number of para-hydroxylation sites is 1. The van der Waals surface area contributed by atoms with Gasteiger partial charge in [0.05, 0.1) is 6.04 Å².